The molecule has 1 N–H and O–H groups in total. The molecule has 0 aromatic carbocycles. The molecule has 0 fully saturated rings. The van der Waals surface area contributed by atoms with Gasteiger partial charge in [0.05, 0.1) is 0 Å². The van der Waals surface area contributed by atoms with Crippen molar-refractivity contribution >= 4 is 0 Å². The molecule has 1 nitrogen and oxygen atoms in total. The zero-order valence-electron chi connectivity index (χ0n) is 10.8. The fourth-order valence-corrected chi connectivity index (χ4v) is 1.16. The van der Waals surface area contributed by atoms with Crippen molar-refractivity contribution in [3.8, 4) is 0 Å². The minimum Gasteiger partial charge on any atom is -0.388 e. The minimum absolute atomic E-state index is 0.693. The smallest absolute Gasteiger partial charge is 0.0166 e. The van der Waals surface area contributed by atoms with E-state index in [1.165, 1.54) is 11.3 Å². The molecule has 0 aromatic rings. The second kappa shape index (κ2) is 8.34. The van der Waals surface area contributed by atoms with Crippen molar-refractivity contribution in [1.82, 2.24) is 5.32 Å². The average Bonchev–Trinajstić information content (AvgIpc) is 2.21. The topological polar surface area (TPSA) is 12.0 Å². The van der Waals surface area contributed by atoms with E-state index in [1.807, 2.05) is 0 Å². The minimum atomic E-state index is 0.693. The Hall–Kier alpha value is -0.980. The maximum Gasteiger partial charge on any atom is 0.0166 e. The van der Waals surface area contributed by atoms with E-state index in [0.29, 0.717) is 5.92 Å². The van der Waals surface area contributed by atoms with Gasteiger partial charge in [-0.3, -0.25) is 0 Å². The fourth-order valence-electron chi connectivity index (χ4n) is 1.16. The largest absolute Gasteiger partial charge is 0.388 e. The SMILES string of the molecule is C\C=C/C(=C\C=C(/C)NCC(C)C)CC. The van der Waals surface area contributed by atoms with E-state index in [1.54, 1.807) is 0 Å². The van der Waals surface area contributed by atoms with E-state index in [9.17, 15) is 0 Å². The summed E-state index contributed by atoms with van der Waals surface area (Å²) < 4.78 is 0. The van der Waals surface area contributed by atoms with Crippen LogP contribution in [0.3, 0.4) is 0 Å². The Labute approximate surface area is 95.0 Å². The normalized spacial score (nSPS) is 14.0. The van der Waals surface area contributed by atoms with Crippen molar-refractivity contribution in [3.05, 3.63) is 35.6 Å². The van der Waals surface area contributed by atoms with Gasteiger partial charge in [0.15, 0.2) is 0 Å². The van der Waals surface area contributed by atoms with Crippen LogP contribution in [-0.4, -0.2) is 6.54 Å². The first-order chi connectivity index (χ1) is 7.10. The van der Waals surface area contributed by atoms with Gasteiger partial charge in [-0.25, -0.2) is 0 Å². The van der Waals surface area contributed by atoms with E-state index in [-0.39, 0.29) is 0 Å². The summed E-state index contributed by atoms with van der Waals surface area (Å²) in [6, 6.07) is 0. The van der Waals surface area contributed by atoms with Crippen LogP contribution < -0.4 is 5.32 Å². The van der Waals surface area contributed by atoms with E-state index in [0.717, 1.165) is 13.0 Å². The molecule has 0 atom stereocenters. The predicted octanol–water partition coefficient (Wildman–Crippen LogP) is 4.05. The fraction of sp³-hybridized carbons (Fsp3) is 0.571. The summed E-state index contributed by atoms with van der Waals surface area (Å²) in [4.78, 5) is 0. The highest BCUT2D eigenvalue weighted by atomic mass is 14.9. The third-order valence-electron chi connectivity index (χ3n) is 2.13. The molecule has 0 rings (SSSR count). The summed E-state index contributed by atoms with van der Waals surface area (Å²) >= 11 is 0. The van der Waals surface area contributed by atoms with Crippen molar-refractivity contribution in [3.63, 3.8) is 0 Å². The van der Waals surface area contributed by atoms with Gasteiger partial charge in [0, 0.05) is 12.2 Å². The molecule has 0 amide bonds. The van der Waals surface area contributed by atoms with Crippen LogP contribution in [0.25, 0.3) is 0 Å². The zero-order valence-corrected chi connectivity index (χ0v) is 10.8. The van der Waals surface area contributed by atoms with E-state index in [2.05, 4.69) is 64.2 Å². The summed E-state index contributed by atoms with van der Waals surface area (Å²) in [7, 11) is 0. The molecule has 0 aliphatic heterocycles. The molecule has 0 spiro atoms. The zero-order chi connectivity index (χ0) is 11.7. The van der Waals surface area contributed by atoms with E-state index >= 15 is 0 Å². The Morgan fingerprint density at radius 3 is 2.40 bits per heavy atom. The molecule has 86 valence electrons. The van der Waals surface area contributed by atoms with Gasteiger partial charge in [-0.1, -0.05) is 39.0 Å². The molecule has 0 radical (unpaired) electrons. The lowest BCUT2D eigenvalue weighted by atomic mass is 10.1. The molecule has 0 heterocycles. The highest BCUT2D eigenvalue weighted by molar-refractivity contribution is 5.24. The number of hydrogen-bond acceptors (Lipinski definition) is 1. The first kappa shape index (κ1) is 14.0. The van der Waals surface area contributed by atoms with E-state index < -0.39 is 0 Å². The van der Waals surface area contributed by atoms with Crippen LogP contribution in [-0.2, 0) is 0 Å². The third-order valence-corrected chi connectivity index (χ3v) is 2.13. The Kier molecular flexibility index (Phi) is 7.79. The summed E-state index contributed by atoms with van der Waals surface area (Å²) in [6.07, 6.45) is 9.66. The maximum atomic E-state index is 3.40. The maximum absolute atomic E-state index is 3.40. The molecule has 0 aromatic heterocycles. The Bertz CT molecular complexity index is 244. The molecule has 15 heavy (non-hydrogen) atoms. The number of allylic oxidation sites excluding steroid dienone is 6. The van der Waals surface area contributed by atoms with Gasteiger partial charge < -0.3 is 5.32 Å². The standard InChI is InChI=1S/C14H25N/c1-6-8-14(7-2)10-9-13(5)15-11-12(3)4/h6,8-10,12,15H,7,11H2,1-5H3/b8-6-,13-9+,14-10-. The number of rotatable bonds is 6. The third kappa shape index (κ3) is 8.04. The van der Waals surface area contributed by atoms with Crippen molar-refractivity contribution in [2.45, 2.75) is 41.0 Å². The Morgan fingerprint density at radius 2 is 1.93 bits per heavy atom. The first-order valence-corrected chi connectivity index (χ1v) is 5.84. The van der Waals surface area contributed by atoms with Crippen molar-refractivity contribution in [2.24, 2.45) is 5.92 Å². The Balaban J connectivity index is 4.21. The van der Waals surface area contributed by atoms with Gasteiger partial charge in [-0.05, 0) is 37.8 Å². The summed E-state index contributed by atoms with van der Waals surface area (Å²) in [5.41, 5.74) is 2.60. The lowest BCUT2D eigenvalue weighted by molar-refractivity contribution is 0.596. The van der Waals surface area contributed by atoms with Crippen LogP contribution >= 0.6 is 0 Å². The van der Waals surface area contributed by atoms with Gasteiger partial charge in [-0.15, -0.1) is 0 Å². The molecule has 1 heteroatoms. The van der Waals surface area contributed by atoms with Gasteiger partial charge in [-0.2, -0.15) is 0 Å². The van der Waals surface area contributed by atoms with Crippen LogP contribution in [0, 0.1) is 5.92 Å². The summed E-state index contributed by atoms with van der Waals surface area (Å²) in [5.74, 6) is 0.693. The molecule has 0 saturated heterocycles. The molecule has 0 saturated carbocycles. The van der Waals surface area contributed by atoms with Crippen molar-refractivity contribution < 1.29 is 0 Å². The Morgan fingerprint density at radius 1 is 1.27 bits per heavy atom. The molecule has 0 bridgehead atoms. The summed E-state index contributed by atoms with van der Waals surface area (Å²) in [6.45, 7) is 11.8. The summed E-state index contributed by atoms with van der Waals surface area (Å²) in [5, 5.41) is 3.40. The van der Waals surface area contributed by atoms with Crippen LogP contribution in [0.1, 0.15) is 41.0 Å². The van der Waals surface area contributed by atoms with Gasteiger partial charge >= 0.3 is 0 Å². The van der Waals surface area contributed by atoms with Gasteiger partial charge in [0.1, 0.15) is 0 Å². The van der Waals surface area contributed by atoms with Crippen LogP contribution in [0.4, 0.5) is 0 Å². The monoisotopic (exact) mass is 207 g/mol. The lowest BCUT2D eigenvalue weighted by Gasteiger charge is -2.08. The number of nitrogens with one attached hydrogen (secondary N) is 1. The highest BCUT2D eigenvalue weighted by Gasteiger charge is 1.92. The van der Waals surface area contributed by atoms with Crippen LogP contribution in [0.15, 0.2) is 35.6 Å². The molecule has 0 aliphatic rings. The van der Waals surface area contributed by atoms with Gasteiger partial charge in [0.25, 0.3) is 0 Å². The highest BCUT2D eigenvalue weighted by Crippen LogP contribution is 2.03. The molecular formula is C14H25N. The quantitative estimate of drug-likeness (QED) is 0.648. The first-order valence-electron chi connectivity index (χ1n) is 5.84. The average molecular weight is 207 g/mol. The predicted molar refractivity (Wildman–Crippen MR) is 69.8 cm³/mol. The van der Waals surface area contributed by atoms with Gasteiger partial charge in [0.2, 0.25) is 0 Å². The van der Waals surface area contributed by atoms with E-state index in [4.69, 9.17) is 0 Å². The van der Waals surface area contributed by atoms with Crippen LogP contribution in [0.2, 0.25) is 0 Å². The van der Waals surface area contributed by atoms with Crippen molar-refractivity contribution in [1.29, 1.82) is 0 Å². The molecule has 0 aliphatic carbocycles. The molecular weight excluding hydrogens is 182 g/mol. The number of hydrogen-bond donors (Lipinski definition) is 1. The molecule has 0 unspecified atom stereocenters. The van der Waals surface area contributed by atoms with Crippen LogP contribution in [0.5, 0.6) is 0 Å². The second-order valence-corrected chi connectivity index (χ2v) is 4.22. The van der Waals surface area contributed by atoms with Crippen molar-refractivity contribution in [2.75, 3.05) is 6.54 Å². The second-order valence-electron chi connectivity index (χ2n) is 4.22. The lowest BCUT2D eigenvalue weighted by Crippen LogP contribution is -2.17.